The smallest absolute Gasteiger partial charge is 0.167 e. The summed E-state index contributed by atoms with van der Waals surface area (Å²) in [6, 6.07) is 12.2. The minimum absolute atomic E-state index is 0.512. The van der Waals surface area contributed by atoms with Crippen LogP contribution in [-0.2, 0) is 17.9 Å². The molecule has 0 saturated carbocycles. The molecule has 0 spiro atoms. The molecule has 0 aliphatic carbocycles. The van der Waals surface area contributed by atoms with E-state index in [0.29, 0.717) is 13.2 Å². The zero-order valence-corrected chi connectivity index (χ0v) is 18.8. The Labute approximate surface area is 177 Å². The summed E-state index contributed by atoms with van der Waals surface area (Å²) in [7, 11) is 1.68. The molecule has 0 saturated heterocycles. The first-order chi connectivity index (χ1) is 13.7. The van der Waals surface area contributed by atoms with Gasteiger partial charge in [-0.05, 0) is 49.6 Å². The number of nitrogens with one attached hydrogen (secondary N) is 1. The lowest BCUT2D eigenvalue weighted by molar-refractivity contribution is 0.128. The molecular weight excluding hydrogens is 418 g/mol. The average molecular weight is 450 g/mol. The number of rotatable bonds is 13. The zero-order valence-electron chi connectivity index (χ0n) is 17.2. The number of benzene rings is 2. The Morgan fingerprint density at radius 2 is 1.82 bits per heavy atom. The van der Waals surface area contributed by atoms with Crippen molar-refractivity contribution >= 4 is 15.9 Å². The fourth-order valence-corrected chi connectivity index (χ4v) is 3.30. The largest absolute Gasteiger partial charge is 0.493 e. The van der Waals surface area contributed by atoms with E-state index in [1.807, 2.05) is 24.3 Å². The van der Waals surface area contributed by atoms with Crippen LogP contribution in [-0.4, -0.2) is 26.9 Å². The van der Waals surface area contributed by atoms with Gasteiger partial charge in [0, 0.05) is 29.8 Å². The molecule has 2 aromatic carbocycles. The van der Waals surface area contributed by atoms with E-state index in [-0.39, 0.29) is 0 Å². The Bertz CT molecular complexity index is 721. The number of unbranched alkanes of at least 4 members (excludes halogenated alkanes) is 1. The predicted molar refractivity (Wildman–Crippen MR) is 118 cm³/mol. The molecule has 4 nitrogen and oxygen atoms in total. The van der Waals surface area contributed by atoms with Crippen molar-refractivity contribution in [2.75, 3.05) is 26.9 Å². The molecule has 154 valence electrons. The Kier molecular flexibility index (Phi) is 10.4. The lowest BCUT2D eigenvalue weighted by Crippen LogP contribution is -2.18. The minimum atomic E-state index is 0.512. The summed E-state index contributed by atoms with van der Waals surface area (Å²) in [4.78, 5) is 0. The van der Waals surface area contributed by atoms with E-state index in [1.54, 1.807) is 7.11 Å². The molecule has 1 N–H and O–H groups in total. The quantitative estimate of drug-likeness (QED) is 0.401. The van der Waals surface area contributed by atoms with E-state index < -0.39 is 0 Å². The first-order valence-corrected chi connectivity index (χ1v) is 10.8. The molecule has 2 aromatic rings. The Morgan fingerprint density at radius 3 is 2.57 bits per heavy atom. The van der Waals surface area contributed by atoms with E-state index in [1.165, 1.54) is 17.5 Å². The van der Waals surface area contributed by atoms with Crippen molar-refractivity contribution < 1.29 is 14.2 Å². The molecule has 0 bridgehead atoms. The zero-order chi connectivity index (χ0) is 20.2. The molecule has 0 amide bonds. The highest BCUT2D eigenvalue weighted by atomic mass is 79.9. The summed E-state index contributed by atoms with van der Waals surface area (Å²) in [5.74, 6) is 1.53. The summed E-state index contributed by atoms with van der Waals surface area (Å²) in [6.45, 7) is 8.04. The maximum Gasteiger partial charge on any atom is 0.167 e. The van der Waals surface area contributed by atoms with Crippen molar-refractivity contribution in [1.29, 1.82) is 0 Å². The van der Waals surface area contributed by atoms with Gasteiger partial charge in [-0.3, -0.25) is 0 Å². The Hall–Kier alpha value is -1.56. The molecular formula is C23H32BrNO3. The van der Waals surface area contributed by atoms with Crippen LogP contribution in [0.2, 0.25) is 0 Å². The number of aryl methyl sites for hydroxylation is 1. The van der Waals surface area contributed by atoms with Crippen LogP contribution in [0.3, 0.4) is 0 Å². The molecule has 2 rings (SSSR count). The third-order valence-electron chi connectivity index (χ3n) is 4.61. The van der Waals surface area contributed by atoms with Gasteiger partial charge in [0.2, 0.25) is 0 Å². The Balaban J connectivity index is 1.96. The fourth-order valence-electron chi connectivity index (χ4n) is 2.85. The number of hydrogen-bond donors (Lipinski definition) is 1. The maximum atomic E-state index is 6.21. The molecule has 0 aliphatic rings. The molecule has 0 aromatic heterocycles. The van der Waals surface area contributed by atoms with Crippen molar-refractivity contribution in [2.24, 2.45) is 0 Å². The lowest BCUT2D eigenvalue weighted by Gasteiger charge is -2.18. The monoisotopic (exact) mass is 449 g/mol. The molecule has 0 unspecified atom stereocenters. The minimum Gasteiger partial charge on any atom is -0.493 e. The maximum absolute atomic E-state index is 6.21. The predicted octanol–water partition coefficient (Wildman–Crippen LogP) is 5.64. The summed E-state index contributed by atoms with van der Waals surface area (Å²) >= 11 is 3.66. The molecule has 5 heteroatoms. The third kappa shape index (κ3) is 7.12. The van der Waals surface area contributed by atoms with Crippen LogP contribution in [0.4, 0.5) is 0 Å². The first kappa shape index (κ1) is 22.7. The van der Waals surface area contributed by atoms with E-state index in [4.69, 9.17) is 14.2 Å². The third-order valence-corrected chi connectivity index (χ3v) is 5.35. The van der Waals surface area contributed by atoms with E-state index in [0.717, 1.165) is 54.1 Å². The van der Waals surface area contributed by atoms with Crippen LogP contribution in [0, 0.1) is 6.92 Å². The van der Waals surface area contributed by atoms with E-state index in [9.17, 15) is 0 Å². The average Bonchev–Trinajstić information content (AvgIpc) is 2.70. The van der Waals surface area contributed by atoms with Gasteiger partial charge in [-0.15, -0.1) is 0 Å². The van der Waals surface area contributed by atoms with Gasteiger partial charge in [0.1, 0.15) is 6.61 Å². The second-order valence-corrected chi connectivity index (χ2v) is 7.62. The van der Waals surface area contributed by atoms with Crippen LogP contribution in [0.25, 0.3) is 0 Å². The highest BCUT2D eigenvalue weighted by molar-refractivity contribution is 9.10. The summed E-state index contributed by atoms with van der Waals surface area (Å²) in [5.41, 5.74) is 3.46. The van der Waals surface area contributed by atoms with Gasteiger partial charge < -0.3 is 19.5 Å². The summed E-state index contributed by atoms with van der Waals surface area (Å²) < 4.78 is 18.4. The fraction of sp³-hybridized carbons (Fsp3) is 0.478. The Morgan fingerprint density at radius 1 is 1.04 bits per heavy atom. The highest BCUT2D eigenvalue weighted by Crippen LogP contribution is 2.37. The number of hydrogen-bond acceptors (Lipinski definition) is 4. The van der Waals surface area contributed by atoms with Gasteiger partial charge in [0.25, 0.3) is 0 Å². The second kappa shape index (κ2) is 12.8. The molecule has 28 heavy (non-hydrogen) atoms. The highest BCUT2D eigenvalue weighted by Gasteiger charge is 2.15. The molecule has 0 radical (unpaired) electrons. The number of ether oxygens (including phenoxy) is 3. The van der Waals surface area contributed by atoms with Crippen molar-refractivity contribution in [3.63, 3.8) is 0 Å². The standard InChI is InChI=1S/C23H32BrNO3/c1-4-5-14-27-15-8-13-25-16-20-21(24)11-12-22(26-3)23(20)28-17-19-10-7-6-9-18(19)2/h6-7,9-12,25H,4-5,8,13-17H2,1-3H3. The summed E-state index contributed by atoms with van der Waals surface area (Å²) in [6.07, 6.45) is 3.30. The van der Waals surface area contributed by atoms with Crippen LogP contribution >= 0.6 is 15.9 Å². The van der Waals surface area contributed by atoms with Gasteiger partial charge in [0.05, 0.1) is 7.11 Å². The van der Waals surface area contributed by atoms with Crippen molar-refractivity contribution in [3.8, 4) is 11.5 Å². The first-order valence-electron chi connectivity index (χ1n) is 9.98. The molecule has 0 aliphatic heterocycles. The van der Waals surface area contributed by atoms with Gasteiger partial charge in [-0.1, -0.05) is 53.5 Å². The van der Waals surface area contributed by atoms with Crippen LogP contribution in [0.15, 0.2) is 40.9 Å². The van der Waals surface area contributed by atoms with Crippen molar-refractivity contribution in [3.05, 3.63) is 57.6 Å². The topological polar surface area (TPSA) is 39.7 Å². The van der Waals surface area contributed by atoms with Gasteiger partial charge in [-0.2, -0.15) is 0 Å². The molecule has 0 atom stereocenters. The molecule has 0 heterocycles. The number of methoxy groups -OCH3 is 1. The SMILES string of the molecule is CCCCOCCCNCc1c(Br)ccc(OC)c1OCc1ccccc1C. The second-order valence-electron chi connectivity index (χ2n) is 6.77. The lowest BCUT2D eigenvalue weighted by atomic mass is 10.1. The molecule has 0 fully saturated rings. The van der Waals surface area contributed by atoms with Crippen LogP contribution in [0.5, 0.6) is 11.5 Å². The van der Waals surface area contributed by atoms with Crippen LogP contribution in [0.1, 0.15) is 42.9 Å². The van der Waals surface area contributed by atoms with Gasteiger partial charge >= 0.3 is 0 Å². The van der Waals surface area contributed by atoms with E-state index >= 15 is 0 Å². The van der Waals surface area contributed by atoms with E-state index in [2.05, 4.69) is 47.2 Å². The van der Waals surface area contributed by atoms with Crippen molar-refractivity contribution in [1.82, 2.24) is 5.32 Å². The summed E-state index contributed by atoms with van der Waals surface area (Å²) in [5, 5.41) is 3.49. The van der Waals surface area contributed by atoms with Crippen LogP contribution < -0.4 is 14.8 Å². The van der Waals surface area contributed by atoms with Crippen molar-refractivity contribution in [2.45, 2.75) is 46.3 Å². The number of halogens is 1. The normalized spacial score (nSPS) is 10.9. The van der Waals surface area contributed by atoms with Gasteiger partial charge in [-0.25, -0.2) is 0 Å². The van der Waals surface area contributed by atoms with Gasteiger partial charge in [0.15, 0.2) is 11.5 Å².